The molecule has 0 aliphatic carbocycles. The van der Waals surface area contributed by atoms with Crippen molar-refractivity contribution in [2.75, 3.05) is 0 Å². The van der Waals surface area contributed by atoms with E-state index in [2.05, 4.69) is 25.2 Å². The molecular weight excluding hydrogens is 262 g/mol. The summed E-state index contributed by atoms with van der Waals surface area (Å²) in [6.07, 6.45) is 5.14. The van der Waals surface area contributed by atoms with Crippen LogP contribution in [0.2, 0.25) is 5.02 Å². The Morgan fingerprint density at radius 3 is 2.95 bits per heavy atom. The molecule has 0 bridgehead atoms. The van der Waals surface area contributed by atoms with Gasteiger partial charge in [-0.25, -0.2) is 4.98 Å². The highest BCUT2D eigenvalue weighted by atomic mass is 35.5. The van der Waals surface area contributed by atoms with Crippen molar-refractivity contribution in [2.45, 2.75) is 6.54 Å². The lowest BCUT2D eigenvalue weighted by atomic mass is 10.2. The Hall–Kier alpha value is -2.27. The van der Waals surface area contributed by atoms with Crippen molar-refractivity contribution in [3.8, 4) is 0 Å². The Kier molecular flexibility index (Phi) is 3.20. The van der Waals surface area contributed by atoms with E-state index in [9.17, 15) is 0 Å². The first-order chi connectivity index (χ1) is 9.33. The molecular formula is C13H10ClN5. The van der Waals surface area contributed by atoms with Crippen molar-refractivity contribution in [3.63, 3.8) is 0 Å². The van der Waals surface area contributed by atoms with Crippen molar-refractivity contribution >= 4 is 28.2 Å². The van der Waals surface area contributed by atoms with Gasteiger partial charge in [0.15, 0.2) is 0 Å². The molecule has 0 radical (unpaired) electrons. The number of aromatic nitrogens is 3. The molecule has 1 N–H and O–H groups in total. The lowest BCUT2D eigenvalue weighted by molar-refractivity contribution is 0.887. The number of fused-ring (bicyclic) bond motifs is 1. The third-order valence-electron chi connectivity index (χ3n) is 2.64. The number of rotatable bonds is 3. The summed E-state index contributed by atoms with van der Waals surface area (Å²) in [6.45, 7) is 0.421. The van der Waals surface area contributed by atoms with Crippen molar-refractivity contribution in [3.05, 3.63) is 53.7 Å². The van der Waals surface area contributed by atoms with Crippen LogP contribution in [0.3, 0.4) is 0 Å². The molecule has 0 spiro atoms. The van der Waals surface area contributed by atoms with Crippen LogP contribution in [0.15, 0.2) is 53.1 Å². The van der Waals surface area contributed by atoms with Gasteiger partial charge in [-0.3, -0.25) is 4.98 Å². The minimum Gasteiger partial charge on any atom is -0.347 e. The number of hydrogen-bond acceptors (Lipinski definition) is 4. The number of pyridine rings is 1. The van der Waals surface area contributed by atoms with E-state index in [0.717, 1.165) is 22.4 Å². The van der Waals surface area contributed by atoms with Gasteiger partial charge in [0.1, 0.15) is 12.4 Å². The largest absolute Gasteiger partial charge is 0.347 e. The number of benzene rings is 1. The molecule has 0 amide bonds. The fraction of sp³-hybridized carbons (Fsp3) is 0.0769. The highest BCUT2D eigenvalue weighted by molar-refractivity contribution is 6.31. The summed E-state index contributed by atoms with van der Waals surface area (Å²) in [5.74, 6) is 0.783. The van der Waals surface area contributed by atoms with Crippen LogP contribution in [0.1, 0.15) is 5.82 Å². The molecule has 1 aromatic carbocycles. The van der Waals surface area contributed by atoms with Gasteiger partial charge in [-0.1, -0.05) is 11.6 Å². The number of H-pyrrole nitrogens is 1. The molecule has 3 rings (SSSR count). The minimum absolute atomic E-state index is 0.421. The average molecular weight is 272 g/mol. The highest BCUT2D eigenvalue weighted by Crippen LogP contribution is 2.26. The van der Waals surface area contributed by atoms with E-state index in [-0.39, 0.29) is 0 Å². The number of nitrogens with zero attached hydrogens (tertiary/aromatic N) is 4. The van der Waals surface area contributed by atoms with Crippen LogP contribution >= 0.6 is 11.6 Å². The smallest absolute Gasteiger partial charge is 0.129 e. The zero-order valence-corrected chi connectivity index (χ0v) is 10.7. The second-order valence-corrected chi connectivity index (χ2v) is 4.36. The molecule has 0 atom stereocenters. The number of hydrogen-bond donors (Lipinski definition) is 1. The van der Waals surface area contributed by atoms with E-state index in [0.29, 0.717) is 11.6 Å². The molecule has 3 aromatic rings. The minimum atomic E-state index is 0.421. The molecule has 5 nitrogen and oxygen atoms in total. The second kappa shape index (κ2) is 5.16. The Bertz CT molecular complexity index is 721. The Morgan fingerprint density at radius 1 is 1.16 bits per heavy atom. The van der Waals surface area contributed by atoms with E-state index >= 15 is 0 Å². The Morgan fingerprint density at radius 2 is 2.11 bits per heavy atom. The molecule has 19 heavy (non-hydrogen) atoms. The number of imidazole rings is 1. The lowest BCUT2D eigenvalue weighted by Gasteiger charge is -2.00. The van der Waals surface area contributed by atoms with Crippen LogP contribution in [-0.4, -0.2) is 15.0 Å². The maximum atomic E-state index is 5.94. The molecule has 2 heterocycles. The molecule has 94 valence electrons. The Balaban J connectivity index is 1.90. The molecule has 0 aliphatic rings. The van der Waals surface area contributed by atoms with Crippen molar-refractivity contribution in [1.82, 2.24) is 15.0 Å². The van der Waals surface area contributed by atoms with Crippen molar-refractivity contribution in [2.24, 2.45) is 10.2 Å². The fourth-order valence-corrected chi connectivity index (χ4v) is 1.92. The fourth-order valence-electron chi connectivity index (χ4n) is 1.76. The van der Waals surface area contributed by atoms with Crippen LogP contribution in [0.25, 0.3) is 10.9 Å². The molecule has 2 aromatic heterocycles. The van der Waals surface area contributed by atoms with Crippen LogP contribution in [-0.2, 0) is 6.54 Å². The van der Waals surface area contributed by atoms with Gasteiger partial charge in [-0.15, -0.1) is 0 Å². The summed E-state index contributed by atoms with van der Waals surface area (Å²) in [4.78, 5) is 11.3. The molecule has 0 saturated heterocycles. The molecule has 6 heteroatoms. The third kappa shape index (κ3) is 2.61. The topological polar surface area (TPSA) is 66.3 Å². The molecule has 0 saturated carbocycles. The van der Waals surface area contributed by atoms with E-state index in [1.54, 1.807) is 18.6 Å². The van der Waals surface area contributed by atoms with E-state index in [4.69, 9.17) is 11.6 Å². The van der Waals surface area contributed by atoms with Crippen LogP contribution in [0, 0.1) is 0 Å². The quantitative estimate of drug-likeness (QED) is 0.734. The number of aromatic amines is 1. The zero-order valence-electron chi connectivity index (χ0n) is 9.92. The number of nitrogens with one attached hydrogen (secondary N) is 1. The highest BCUT2D eigenvalue weighted by Gasteiger charge is 2.01. The van der Waals surface area contributed by atoms with Crippen LogP contribution in [0.5, 0.6) is 0 Å². The summed E-state index contributed by atoms with van der Waals surface area (Å²) in [6, 6.07) is 7.34. The first-order valence-electron chi connectivity index (χ1n) is 5.73. The van der Waals surface area contributed by atoms with E-state index in [1.807, 2.05) is 24.3 Å². The van der Waals surface area contributed by atoms with Gasteiger partial charge in [0.05, 0.1) is 11.2 Å². The summed E-state index contributed by atoms with van der Waals surface area (Å²) >= 11 is 5.94. The molecule has 0 unspecified atom stereocenters. The lowest BCUT2D eigenvalue weighted by Crippen LogP contribution is -1.82. The molecule has 0 aliphatic heterocycles. The average Bonchev–Trinajstić information content (AvgIpc) is 2.92. The predicted molar refractivity (Wildman–Crippen MR) is 73.6 cm³/mol. The summed E-state index contributed by atoms with van der Waals surface area (Å²) in [5, 5.41) is 9.93. The monoisotopic (exact) mass is 271 g/mol. The first kappa shape index (κ1) is 11.8. The maximum absolute atomic E-state index is 5.94. The zero-order chi connectivity index (χ0) is 13.1. The second-order valence-electron chi connectivity index (χ2n) is 3.93. The number of halogens is 1. The molecule has 0 fully saturated rings. The number of azo groups is 1. The summed E-state index contributed by atoms with van der Waals surface area (Å²) in [7, 11) is 0. The van der Waals surface area contributed by atoms with Crippen molar-refractivity contribution < 1.29 is 0 Å². The van der Waals surface area contributed by atoms with Gasteiger partial charge < -0.3 is 4.98 Å². The maximum Gasteiger partial charge on any atom is 0.129 e. The van der Waals surface area contributed by atoms with Crippen molar-refractivity contribution in [1.29, 1.82) is 0 Å². The first-order valence-corrected chi connectivity index (χ1v) is 6.11. The SMILES string of the molecule is Clc1ccc2c(N=NCc3ncc[nH]3)ccnc2c1. The van der Waals surface area contributed by atoms with Crippen LogP contribution < -0.4 is 0 Å². The van der Waals surface area contributed by atoms with Gasteiger partial charge in [0.25, 0.3) is 0 Å². The Labute approximate surface area is 114 Å². The van der Waals surface area contributed by atoms with Gasteiger partial charge >= 0.3 is 0 Å². The van der Waals surface area contributed by atoms with Gasteiger partial charge in [0, 0.05) is 29.0 Å². The summed E-state index contributed by atoms with van der Waals surface area (Å²) < 4.78 is 0. The van der Waals surface area contributed by atoms with Gasteiger partial charge in [-0.05, 0) is 24.3 Å². The third-order valence-corrected chi connectivity index (χ3v) is 2.87. The normalized spacial score (nSPS) is 11.4. The van der Waals surface area contributed by atoms with E-state index in [1.165, 1.54) is 0 Å². The van der Waals surface area contributed by atoms with E-state index < -0.39 is 0 Å². The standard InChI is InChI=1S/C13H10ClN5/c14-9-1-2-10-11(3-4-15-12(10)7-9)19-18-8-13-16-5-6-17-13/h1-7H,8H2,(H,16,17). The predicted octanol–water partition coefficient (Wildman–Crippen LogP) is 3.90. The van der Waals surface area contributed by atoms with Gasteiger partial charge in [-0.2, -0.15) is 10.2 Å². The summed E-state index contributed by atoms with van der Waals surface area (Å²) in [5.41, 5.74) is 1.58. The van der Waals surface area contributed by atoms with Crippen LogP contribution in [0.4, 0.5) is 5.69 Å². The van der Waals surface area contributed by atoms with Gasteiger partial charge in [0.2, 0.25) is 0 Å².